The van der Waals surface area contributed by atoms with Gasteiger partial charge in [-0.3, -0.25) is 0 Å². The van der Waals surface area contributed by atoms with Gasteiger partial charge in [-0.15, -0.1) is 5.73 Å². The van der Waals surface area contributed by atoms with Crippen LogP contribution >= 0.6 is 0 Å². The van der Waals surface area contributed by atoms with Crippen LogP contribution in [-0.2, 0) is 0 Å². The first-order valence-corrected chi connectivity index (χ1v) is 4.41. The molecule has 11 heavy (non-hydrogen) atoms. The molecule has 0 fully saturated rings. The van der Waals surface area contributed by atoms with Crippen LogP contribution in [0.2, 0.25) is 0 Å². The Morgan fingerprint density at radius 1 is 1.18 bits per heavy atom. The van der Waals surface area contributed by atoms with Crippen LogP contribution in [0.1, 0.15) is 39.0 Å². The van der Waals surface area contributed by atoms with E-state index in [9.17, 15) is 0 Å². The second kappa shape index (κ2) is 9.26. The molecule has 0 amide bonds. The third kappa shape index (κ3) is 9.26. The second-order valence-electron chi connectivity index (χ2n) is 2.60. The topological polar surface area (TPSA) is 0 Å². The van der Waals surface area contributed by atoms with Gasteiger partial charge in [0.25, 0.3) is 0 Å². The summed E-state index contributed by atoms with van der Waals surface area (Å²) in [4.78, 5) is 0. The van der Waals surface area contributed by atoms with E-state index in [1.807, 2.05) is 6.08 Å². The molecule has 0 atom stereocenters. The van der Waals surface area contributed by atoms with Crippen molar-refractivity contribution in [2.45, 2.75) is 39.0 Å². The molecular formula is C11H18. The van der Waals surface area contributed by atoms with Gasteiger partial charge in [0.1, 0.15) is 0 Å². The van der Waals surface area contributed by atoms with Gasteiger partial charge in [-0.05, 0) is 31.8 Å². The van der Waals surface area contributed by atoms with E-state index in [1.54, 1.807) is 0 Å². The van der Waals surface area contributed by atoms with E-state index in [1.165, 1.54) is 25.7 Å². The lowest BCUT2D eigenvalue weighted by Gasteiger charge is -1.88. The highest BCUT2D eigenvalue weighted by Gasteiger charge is 1.78. The van der Waals surface area contributed by atoms with E-state index < -0.39 is 0 Å². The molecule has 0 aromatic rings. The molecule has 0 aromatic carbocycles. The standard InChI is InChI=1S/C11H18/c1-3-5-7-9-11-10-8-6-4-2/h5,8,10H,1,4,6-7,9,11H2,2H3. The maximum Gasteiger partial charge on any atom is -0.0272 e. The fourth-order valence-electron chi connectivity index (χ4n) is 0.842. The van der Waals surface area contributed by atoms with Gasteiger partial charge in [-0.25, -0.2) is 0 Å². The number of allylic oxidation sites excluding steroid dienone is 3. The first kappa shape index (κ1) is 10.3. The van der Waals surface area contributed by atoms with Crippen molar-refractivity contribution in [3.05, 3.63) is 30.5 Å². The average molecular weight is 150 g/mol. The normalized spacial score (nSPS) is 9.91. The molecule has 0 aliphatic carbocycles. The highest BCUT2D eigenvalue weighted by atomic mass is 13.8. The molecule has 0 saturated heterocycles. The summed E-state index contributed by atoms with van der Waals surface area (Å²) in [5.74, 6) is 0. The SMILES string of the molecule is C=C=CCCCC=CCCC. The van der Waals surface area contributed by atoms with Gasteiger partial charge < -0.3 is 0 Å². The fraction of sp³-hybridized carbons (Fsp3) is 0.545. The van der Waals surface area contributed by atoms with Crippen molar-refractivity contribution in [1.29, 1.82) is 0 Å². The number of hydrogen-bond donors (Lipinski definition) is 0. The Hall–Kier alpha value is -0.740. The lowest BCUT2D eigenvalue weighted by atomic mass is 10.2. The van der Waals surface area contributed by atoms with Crippen molar-refractivity contribution in [2.75, 3.05) is 0 Å². The van der Waals surface area contributed by atoms with Gasteiger partial charge in [0, 0.05) is 0 Å². The minimum absolute atomic E-state index is 1.11. The fourth-order valence-corrected chi connectivity index (χ4v) is 0.842. The zero-order valence-electron chi connectivity index (χ0n) is 7.47. The van der Waals surface area contributed by atoms with Crippen molar-refractivity contribution in [2.24, 2.45) is 0 Å². The molecule has 0 aliphatic rings. The maximum absolute atomic E-state index is 3.51. The molecule has 0 N–H and O–H groups in total. The summed E-state index contributed by atoms with van der Waals surface area (Å²) in [7, 11) is 0. The van der Waals surface area contributed by atoms with Gasteiger partial charge in [-0.2, -0.15) is 0 Å². The van der Waals surface area contributed by atoms with E-state index >= 15 is 0 Å². The van der Waals surface area contributed by atoms with Crippen molar-refractivity contribution in [3.8, 4) is 0 Å². The molecule has 62 valence electrons. The summed E-state index contributed by atoms with van der Waals surface area (Å²) in [6, 6.07) is 0. The van der Waals surface area contributed by atoms with Crippen molar-refractivity contribution in [1.82, 2.24) is 0 Å². The zero-order chi connectivity index (χ0) is 8.36. The molecule has 0 nitrogen and oxygen atoms in total. The molecule has 0 radical (unpaired) electrons. The molecule has 0 saturated carbocycles. The quantitative estimate of drug-likeness (QED) is 0.306. The predicted molar refractivity (Wildman–Crippen MR) is 51.6 cm³/mol. The van der Waals surface area contributed by atoms with Gasteiger partial charge in [-0.1, -0.05) is 32.1 Å². The van der Waals surface area contributed by atoms with Crippen LogP contribution in [-0.4, -0.2) is 0 Å². The van der Waals surface area contributed by atoms with Gasteiger partial charge in [0.15, 0.2) is 0 Å². The highest BCUT2D eigenvalue weighted by molar-refractivity contribution is 4.83. The van der Waals surface area contributed by atoms with E-state index in [4.69, 9.17) is 0 Å². The Bertz CT molecular complexity index is 136. The first-order chi connectivity index (χ1) is 5.41. The largest absolute Gasteiger partial charge is 0.133 e. The van der Waals surface area contributed by atoms with Crippen LogP contribution in [0.4, 0.5) is 0 Å². The van der Waals surface area contributed by atoms with Crippen LogP contribution in [0.25, 0.3) is 0 Å². The predicted octanol–water partition coefficient (Wildman–Crippen LogP) is 3.85. The molecule has 0 unspecified atom stereocenters. The number of rotatable bonds is 6. The van der Waals surface area contributed by atoms with Gasteiger partial charge in [0.05, 0.1) is 0 Å². The summed E-state index contributed by atoms with van der Waals surface area (Å²) in [5, 5.41) is 0. The van der Waals surface area contributed by atoms with Crippen molar-refractivity contribution >= 4 is 0 Å². The van der Waals surface area contributed by atoms with Gasteiger partial charge in [0.2, 0.25) is 0 Å². The third-order valence-electron chi connectivity index (χ3n) is 1.49. The summed E-state index contributed by atoms with van der Waals surface area (Å²) >= 11 is 0. The molecule has 0 heteroatoms. The van der Waals surface area contributed by atoms with Crippen molar-refractivity contribution < 1.29 is 0 Å². The zero-order valence-corrected chi connectivity index (χ0v) is 7.47. The first-order valence-electron chi connectivity index (χ1n) is 4.41. The molecule has 0 spiro atoms. The van der Waals surface area contributed by atoms with Gasteiger partial charge >= 0.3 is 0 Å². The monoisotopic (exact) mass is 150 g/mol. The molecule has 0 aliphatic heterocycles. The van der Waals surface area contributed by atoms with E-state index in [2.05, 4.69) is 31.4 Å². The Labute approximate surface area is 70.3 Å². The third-order valence-corrected chi connectivity index (χ3v) is 1.49. The van der Waals surface area contributed by atoms with Crippen LogP contribution in [0, 0.1) is 0 Å². The smallest absolute Gasteiger partial charge is 0.0272 e. The Morgan fingerprint density at radius 3 is 2.55 bits per heavy atom. The van der Waals surface area contributed by atoms with E-state index in [0.717, 1.165) is 6.42 Å². The minimum Gasteiger partial charge on any atom is -0.133 e. The van der Waals surface area contributed by atoms with E-state index in [-0.39, 0.29) is 0 Å². The molecule has 0 rings (SSSR count). The minimum atomic E-state index is 1.11. The summed E-state index contributed by atoms with van der Waals surface area (Å²) in [5.41, 5.74) is 2.77. The summed E-state index contributed by atoms with van der Waals surface area (Å²) < 4.78 is 0. The van der Waals surface area contributed by atoms with E-state index in [0.29, 0.717) is 0 Å². The summed E-state index contributed by atoms with van der Waals surface area (Å²) in [6.45, 7) is 5.71. The Kier molecular flexibility index (Phi) is 8.64. The lowest BCUT2D eigenvalue weighted by Crippen LogP contribution is -1.68. The second-order valence-corrected chi connectivity index (χ2v) is 2.60. The van der Waals surface area contributed by atoms with Crippen molar-refractivity contribution in [3.63, 3.8) is 0 Å². The average Bonchev–Trinajstić information content (AvgIpc) is 2.03. The molecular weight excluding hydrogens is 132 g/mol. The molecule has 0 aromatic heterocycles. The number of hydrogen-bond acceptors (Lipinski definition) is 0. The van der Waals surface area contributed by atoms with Crippen LogP contribution in [0.3, 0.4) is 0 Å². The lowest BCUT2D eigenvalue weighted by molar-refractivity contribution is 0.859. The number of unbranched alkanes of at least 4 members (excludes halogenated alkanes) is 3. The van der Waals surface area contributed by atoms with Crippen LogP contribution in [0.15, 0.2) is 30.5 Å². The van der Waals surface area contributed by atoms with Crippen LogP contribution in [0.5, 0.6) is 0 Å². The van der Waals surface area contributed by atoms with Crippen LogP contribution < -0.4 is 0 Å². The summed E-state index contributed by atoms with van der Waals surface area (Å²) in [6.07, 6.45) is 12.5. The molecule has 0 bridgehead atoms. The highest BCUT2D eigenvalue weighted by Crippen LogP contribution is 1.98. The Morgan fingerprint density at radius 2 is 1.91 bits per heavy atom. The maximum atomic E-state index is 3.51. The molecule has 0 heterocycles. The Balaban J connectivity index is 3.06.